The highest BCUT2D eigenvalue weighted by molar-refractivity contribution is 5.89. The van der Waals surface area contributed by atoms with E-state index in [4.69, 9.17) is 4.74 Å². The zero-order valence-corrected chi connectivity index (χ0v) is 14.3. The predicted molar refractivity (Wildman–Crippen MR) is 92.0 cm³/mol. The number of amides is 1. The Labute approximate surface area is 150 Å². The number of hydrogen-bond donors (Lipinski definition) is 1. The van der Waals surface area contributed by atoms with Crippen molar-refractivity contribution in [1.82, 2.24) is 4.90 Å². The molecule has 1 amide bonds. The molecule has 2 heterocycles. The van der Waals surface area contributed by atoms with Crippen molar-refractivity contribution in [2.45, 2.75) is 31.7 Å². The van der Waals surface area contributed by atoms with Crippen molar-refractivity contribution in [2.75, 3.05) is 31.1 Å². The van der Waals surface area contributed by atoms with Crippen LogP contribution in [0.5, 0.6) is 5.75 Å². The number of nitro benzene ring substituents is 1. The SMILES string of the molecule is O=C1CN(CC(=O)N2CCCCC2CCO)c2ccc([N+](=O)[O-])cc2O1. The number of carbonyl (C=O) groups is 2. The van der Waals surface area contributed by atoms with Gasteiger partial charge in [0.15, 0.2) is 5.75 Å². The minimum absolute atomic E-state index is 0.00863. The summed E-state index contributed by atoms with van der Waals surface area (Å²) in [5.41, 5.74) is 0.308. The molecule has 2 aliphatic rings. The first-order chi connectivity index (χ1) is 12.5. The van der Waals surface area contributed by atoms with Gasteiger partial charge >= 0.3 is 5.97 Å². The van der Waals surface area contributed by atoms with Gasteiger partial charge in [0.25, 0.3) is 5.69 Å². The number of non-ortho nitro benzene ring substituents is 1. The number of nitro groups is 1. The summed E-state index contributed by atoms with van der Waals surface area (Å²) in [7, 11) is 0. The third kappa shape index (κ3) is 3.77. The molecule has 3 rings (SSSR count). The van der Waals surface area contributed by atoms with E-state index >= 15 is 0 Å². The highest BCUT2D eigenvalue weighted by Crippen LogP contribution is 2.35. The van der Waals surface area contributed by atoms with Crippen molar-refractivity contribution in [2.24, 2.45) is 0 Å². The fourth-order valence-electron chi connectivity index (χ4n) is 3.53. The number of hydrogen-bond acceptors (Lipinski definition) is 7. The fourth-order valence-corrected chi connectivity index (χ4v) is 3.53. The predicted octanol–water partition coefficient (Wildman–Crippen LogP) is 1.08. The zero-order chi connectivity index (χ0) is 18.7. The van der Waals surface area contributed by atoms with Gasteiger partial charge in [0.1, 0.15) is 6.54 Å². The van der Waals surface area contributed by atoms with Gasteiger partial charge in [0.05, 0.1) is 23.2 Å². The van der Waals surface area contributed by atoms with Gasteiger partial charge in [-0.1, -0.05) is 0 Å². The molecule has 1 saturated heterocycles. The van der Waals surface area contributed by atoms with Crippen LogP contribution in [0.2, 0.25) is 0 Å². The largest absolute Gasteiger partial charge is 0.423 e. The van der Waals surface area contributed by atoms with Crippen molar-refractivity contribution in [3.8, 4) is 5.75 Å². The Morgan fingerprint density at radius 1 is 1.38 bits per heavy atom. The monoisotopic (exact) mass is 363 g/mol. The Morgan fingerprint density at radius 3 is 2.92 bits per heavy atom. The lowest BCUT2D eigenvalue weighted by Gasteiger charge is -2.38. The summed E-state index contributed by atoms with van der Waals surface area (Å²) in [6.45, 7) is 0.558. The summed E-state index contributed by atoms with van der Waals surface area (Å²) in [4.78, 5) is 38.3. The van der Waals surface area contributed by atoms with E-state index in [0.29, 0.717) is 18.7 Å². The number of ether oxygens (including phenoxy) is 1. The normalized spacial score (nSPS) is 19.7. The van der Waals surface area contributed by atoms with Crippen molar-refractivity contribution in [3.63, 3.8) is 0 Å². The van der Waals surface area contributed by atoms with Gasteiger partial charge in [-0.05, 0) is 31.7 Å². The van der Waals surface area contributed by atoms with Crippen LogP contribution in [0.1, 0.15) is 25.7 Å². The third-order valence-corrected chi connectivity index (χ3v) is 4.77. The molecule has 1 aromatic rings. The number of esters is 1. The number of carbonyl (C=O) groups excluding carboxylic acids is 2. The maximum absolute atomic E-state index is 12.8. The molecule has 0 bridgehead atoms. The first kappa shape index (κ1) is 18.1. The molecule has 140 valence electrons. The quantitative estimate of drug-likeness (QED) is 0.360. The van der Waals surface area contributed by atoms with Crippen LogP contribution in [-0.2, 0) is 9.59 Å². The Hall–Kier alpha value is -2.68. The standard InChI is InChI=1S/C17H21N3O6/c21-8-6-12-3-1-2-7-19(12)16(22)10-18-11-17(23)26-15-9-13(20(24)25)4-5-14(15)18/h4-5,9,12,21H,1-3,6-8,10-11H2. The number of rotatable bonds is 5. The molecule has 26 heavy (non-hydrogen) atoms. The van der Waals surface area contributed by atoms with Crippen LogP contribution in [0.15, 0.2) is 18.2 Å². The summed E-state index contributed by atoms with van der Waals surface area (Å²) in [6, 6.07) is 4.02. The summed E-state index contributed by atoms with van der Waals surface area (Å²) in [5.74, 6) is -0.590. The van der Waals surface area contributed by atoms with Crippen LogP contribution < -0.4 is 9.64 Å². The lowest BCUT2D eigenvalue weighted by Crippen LogP contribution is -2.50. The van der Waals surface area contributed by atoms with Crippen LogP contribution in [0.3, 0.4) is 0 Å². The Balaban J connectivity index is 1.78. The molecule has 2 aliphatic heterocycles. The van der Waals surface area contributed by atoms with Crippen LogP contribution in [0, 0.1) is 10.1 Å². The van der Waals surface area contributed by atoms with Crippen molar-refractivity contribution < 1.29 is 24.4 Å². The average molecular weight is 363 g/mol. The van der Waals surface area contributed by atoms with Crippen LogP contribution >= 0.6 is 0 Å². The van der Waals surface area contributed by atoms with E-state index in [1.807, 2.05) is 0 Å². The molecular weight excluding hydrogens is 342 g/mol. The van der Waals surface area contributed by atoms with Gasteiger partial charge in [0, 0.05) is 25.3 Å². The fraction of sp³-hybridized carbons (Fsp3) is 0.529. The van der Waals surface area contributed by atoms with E-state index in [9.17, 15) is 24.8 Å². The van der Waals surface area contributed by atoms with Gasteiger partial charge < -0.3 is 19.6 Å². The number of nitrogens with zero attached hydrogens (tertiary/aromatic N) is 3. The first-order valence-electron chi connectivity index (χ1n) is 8.64. The maximum Gasteiger partial charge on any atom is 0.331 e. The van der Waals surface area contributed by atoms with E-state index in [-0.39, 0.29) is 43.1 Å². The highest BCUT2D eigenvalue weighted by atomic mass is 16.6. The molecule has 1 unspecified atom stereocenters. The number of aliphatic hydroxyl groups excluding tert-OH is 1. The molecular formula is C17H21N3O6. The van der Waals surface area contributed by atoms with Gasteiger partial charge in [-0.2, -0.15) is 0 Å². The molecule has 1 aromatic carbocycles. The minimum atomic E-state index is -0.564. The first-order valence-corrected chi connectivity index (χ1v) is 8.64. The van der Waals surface area contributed by atoms with Gasteiger partial charge in [-0.15, -0.1) is 0 Å². The molecule has 1 N–H and O–H groups in total. The topological polar surface area (TPSA) is 113 Å². The lowest BCUT2D eigenvalue weighted by atomic mass is 9.99. The molecule has 1 atom stereocenters. The van der Waals surface area contributed by atoms with Crippen LogP contribution in [0.4, 0.5) is 11.4 Å². The molecule has 0 saturated carbocycles. The summed E-state index contributed by atoms with van der Waals surface area (Å²) >= 11 is 0. The van der Waals surface area contributed by atoms with Crippen LogP contribution in [0.25, 0.3) is 0 Å². The summed E-state index contributed by atoms with van der Waals surface area (Å²) in [5, 5.41) is 20.1. The zero-order valence-electron chi connectivity index (χ0n) is 14.3. The van der Waals surface area contributed by atoms with Crippen LogP contribution in [-0.4, -0.2) is 59.1 Å². The van der Waals surface area contributed by atoms with E-state index in [1.165, 1.54) is 18.2 Å². The number of likely N-dealkylation sites (tertiary alicyclic amines) is 1. The van der Waals surface area contributed by atoms with Gasteiger partial charge in [-0.3, -0.25) is 14.9 Å². The smallest absolute Gasteiger partial charge is 0.331 e. The van der Waals surface area contributed by atoms with Crippen molar-refractivity contribution in [3.05, 3.63) is 28.3 Å². The number of benzene rings is 1. The van der Waals surface area contributed by atoms with Crippen molar-refractivity contribution in [1.29, 1.82) is 0 Å². The maximum atomic E-state index is 12.8. The minimum Gasteiger partial charge on any atom is -0.423 e. The summed E-state index contributed by atoms with van der Waals surface area (Å²) in [6.07, 6.45) is 3.34. The number of fused-ring (bicyclic) bond motifs is 1. The second kappa shape index (κ2) is 7.69. The lowest BCUT2D eigenvalue weighted by molar-refractivity contribution is -0.384. The number of aliphatic hydroxyl groups is 1. The van der Waals surface area contributed by atoms with Crippen molar-refractivity contribution >= 4 is 23.3 Å². The number of piperidine rings is 1. The Bertz CT molecular complexity index is 720. The molecule has 0 spiro atoms. The molecule has 0 radical (unpaired) electrons. The molecule has 0 aliphatic carbocycles. The molecule has 1 fully saturated rings. The van der Waals surface area contributed by atoms with E-state index in [1.54, 1.807) is 9.80 Å². The Morgan fingerprint density at radius 2 is 2.19 bits per heavy atom. The number of anilines is 1. The highest BCUT2D eigenvalue weighted by Gasteiger charge is 2.31. The second-order valence-electron chi connectivity index (χ2n) is 6.49. The molecule has 9 heteroatoms. The molecule has 0 aromatic heterocycles. The Kier molecular flexibility index (Phi) is 5.36. The van der Waals surface area contributed by atoms with E-state index in [2.05, 4.69) is 0 Å². The van der Waals surface area contributed by atoms with E-state index in [0.717, 1.165) is 19.3 Å². The molecule has 9 nitrogen and oxygen atoms in total. The van der Waals surface area contributed by atoms with Gasteiger partial charge in [0.2, 0.25) is 5.91 Å². The van der Waals surface area contributed by atoms with E-state index < -0.39 is 10.9 Å². The summed E-state index contributed by atoms with van der Waals surface area (Å²) < 4.78 is 5.10. The average Bonchev–Trinajstić information content (AvgIpc) is 2.61. The second-order valence-corrected chi connectivity index (χ2v) is 6.49. The van der Waals surface area contributed by atoms with Gasteiger partial charge in [-0.25, -0.2) is 4.79 Å². The third-order valence-electron chi connectivity index (χ3n) is 4.77.